The molecule has 0 saturated carbocycles. The van der Waals surface area contributed by atoms with Gasteiger partial charge >= 0.3 is 0 Å². The van der Waals surface area contributed by atoms with Crippen LogP contribution in [0, 0.1) is 5.92 Å². The number of hydrogen-bond donors (Lipinski definition) is 2. The van der Waals surface area contributed by atoms with Crippen molar-refractivity contribution in [1.82, 2.24) is 10.0 Å². The normalized spacial score (nSPS) is 13.7. The Labute approximate surface area is 123 Å². The molecule has 1 rings (SSSR count). The summed E-state index contributed by atoms with van der Waals surface area (Å²) < 4.78 is 27.5. The van der Waals surface area contributed by atoms with Crippen LogP contribution in [-0.4, -0.2) is 21.0 Å². The molecule has 0 aromatic heterocycles. The fourth-order valence-corrected chi connectivity index (χ4v) is 3.10. The van der Waals surface area contributed by atoms with E-state index in [1.54, 1.807) is 12.1 Å². The molecule has 0 radical (unpaired) electrons. The summed E-state index contributed by atoms with van der Waals surface area (Å²) in [5.41, 5.74) is 0.804. The van der Waals surface area contributed by atoms with E-state index in [4.69, 9.17) is 0 Å². The number of rotatable bonds is 8. The van der Waals surface area contributed by atoms with Gasteiger partial charge in [-0.15, -0.1) is 0 Å². The molecule has 1 unspecified atom stereocenters. The average Bonchev–Trinajstić information content (AvgIpc) is 2.42. The van der Waals surface area contributed by atoms with E-state index in [-0.39, 0.29) is 0 Å². The summed E-state index contributed by atoms with van der Waals surface area (Å²) in [6, 6.07) is 7.46. The molecular formula is C15H26N2O2S. The molecular weight excluding hydrogens is 272 g/mol. The maximum absolute atomic E-state index is 12.4. The molecule has 1 aromatic carbocycles. The zero-order valence-corrected chi connectivity index (χ0v) is 13.6. The first kappa shape index (κ1) is 17.1. The fourth-order valence-electron chi connectivity index (χ4n) is 1.70. The second-order valence-electron chi connectivity index (χ2n) is 5.51. The van der Waals surface area contributed by atoms with Gasteiger partial charge in [0, 0.05) is 19.1 Å². The Morgan fingerprint density at radius 2 is 1.80 bits per heavy atom. The molecule has 20 heavy (non-hydrogen) atoms. The molecule has 1 atom stereocenters. The zero-order chi connectivity index (χ0) is 15.2. The lowest BCUT2D eigenvalue weighted by Gasteiger charge is -2.15. The molecule has 0 heterocycles. The highest BCUT2D eigenvalue weighted by atomic mass is 32.2. The van der Waals surface area contributed by atoms with E-state index in [0.29, 0.717) is 29.9 Å². The van der Waals surface area contributed by atoms with Crippen molar-refractivity contribution in [2.24, 2.45) is 5.92 Å². The SMILES string of the molecule is CCC(C)CNS(=O)(=O)c1ccccc1CNC(C)C. The van der Waals surface area contributed by atoms with Crippen molar-refractivity contribution in [1.29, 1.82) is 0 Å². The molecule has 114 valence electrons. The molecule has 0 saturated heterocycles. The van der Waals surface area contributed by atoms with Crippen molar-refractivity contribution in [2.45, 2.75) is 51.6 Å². The first-order chi connectivity index (χ1) is 9.36. The first-order valence-corrected chi connectivity index (χ1v) is 8.66. The minimum absolute atomic E-state index is 0.318. The largest absolute Gasteiger partial charge is 0.310 e. The van der Waals surface area contributed by atoms with Crippen molar-refractivity contribution >= 4 is 10.0 Å². The maximum Gasteiger partial charge on any atom is 0.240 e. The van der Waals surface area contributed by atoms with Crippen LogP contribution in [0.15, 0.2) is 29.2 Å². The van der Waals surface area contributed by atoms with Crippen LogP contribution < -0.4 is 10.0 Å². The van der Waals surface area contributed by atoms with Crippen LogP contribution in [0.4, 0.5) is 0 Å². The van der Waals surface area contributed by atoms with Crippen LogP contribution in [0.1, 0.15) is 39.7 Å². The molecule has 0 fully saturated rings. The molecule has 0 aliphatic carbocycles. The van der Waals surface area contributed by atoms with Gasteiger partial charge in [-0.2, -0.15) is 0 Å². The molecule has 0 amide bonds. The van der Waals surface area contributed by atoms with E-state index >= 15 is 0 Å². The van der Waals surface area contributed by atoms with Gasteiger partial charge in [-0.3, -0.25) is 0 Å². The van der Waals surface area contributed by atoms with E-state index in [0.717, 1.165) is 12.0 Å². The van der Waals surface area contributed by atoms with E-state index in [9.17, 15) is 8.42 Å². The van der Waals surface area contributed by atoms with Gasteiger partial charge in [-0.1, -0.05) is 52.3 Å². The van der Waals surface area contributed by atoms with E-state index in [1.165, 1.54) is 0 Å². The molecule has 2 N–H and O–H groups in total. The summed E-state index contributed by atoms with van der Waals surface area (Å²) in [4.78, 5) is 0.372. The van der Waals surface area contributed by atoms with Crippen molar-refractivity contribution < 1.29 is 8.42 Å². The van der Waals surface area contributed by atoms with Crippen LogP contribution in [0.3, 0.4) is 0 Å². The molecule has 0 spiro atoms. The highest BCUT2D eigenvalue weighted by Gasteiger charge is 2.18. The van der Waals surface area contributed by atoms with Gasteiger partial charge in [0.2, 0.25) is 10.0 Å². The second-order valence-corrected chi connectivity index (χ2v) is 7.24. The Balaban J connectivity index is 2.88. The lowest BCUT2D eigenvalue weighted by molar-refractivity contribution is 0.526. The third-order valence-corrected chi connectivity index (χ3v) is 4.81. The van der Waals surface area contributed by atoms with Crippen LogP contribution in [0.5, 0.6) is 0 Å². The predicted molar refractivity (Wildman–Crippen MR) is 83.1 cm³/mol. The summed E-state index contributed by atoms with van der Waals surface area (Å²) in [6.45, 7) is 9.20. The van der Waals surface area contributed by atoms with Crippen LogP contribution in [-0.2, 0) is 16.6 Å². The number of sulfonamides is 1. The van der Waals surface area contributed by atoms with Crippen molar-refractivity contribution in [2.75, 3.05) is 6.54 Å². The van der Waals surface area contributed by atoms with E-state index in [1.807, 2.05) is 32.9 Å². The van der Waals surface area contributed by atoms with Crippen LogP contribution in [0.2, 0.25) is 0 Å². The lowest BCUT2D eigenvalue weighted by atomic mass is 10.1. The molecule has 0 aliphatic rings. The van der Waals surface area contributed by atoms with Crippen molar-refractivity contribution in [3.63, 3.8) is 0 Å². The third-order valence-electron chi connectivity index (χ3n) is 3.28. The molecule has 5 heteroatoms. The van der Waals surface area contributed by atoms with Gasteiger partial charge < -0.3 is 5.32 Å². The van der Waals surface area contributed by atoms with Gasteiger partial charge in [0.05, 0.1) is 4.90 Å². The molecule has 4 nitrogen and oxygen atoms in total. The number of benzene rings is 1. The highest BCUT2D eigenvalue weighted by molar-refractivity contribution is 7.89. The first-order valence-electron chi connectivity index (χ1n) is 7.17. The Bertz CT molecular complexity index is 512. The molecule has 1 aromatic rings. The number of hydrogen-bond acceptors (Lipinski definition) is 3. The van der Waals surface area contributed by atoms with Gasteiger partial charge in [-0.05, 0) is 17.5 Å². The summed E-state index contributed by atoms with van der Waals surface area (Å²) in [5, 5.41) is 3.26. The quantitative estimate of drug-likeness (QED) is 0.775. The van der Waals surface area contributed by atoms with Gasteiger partial charge in [-0.25, -0.2) is 13.1 Å². The van der Waals surface area contributed by atoms with Gasteiger partial charge in [0.15, 0.2) is 0 Å². The standard InChI is InChI=1S/C15H26N2O2S/c1-5-13(4)10-17-20(18,19)15-9-7-6-8-14(15)11-16-12(2)3/h6-9,12-13,16-17H,5,10-11H2,1-4H3. The minimum Gasteiger partial charge on any atom is -0.310 e. The second kappa shape index (κ2) is 7.76. The smallest absolute Gasteiger partial charge is 0.240 e. The summed E-state index contributed by atoms with van der Waals surface area (Å²) in [6.07, 6.45) is 0.957. The minimum atomic E-state index is -3.43. The third kappa shape index (κ3) is 5.23. The van der Waals surface area contributed by atoms with E-state index in [2.05, 4.69) is 17.0 Å². The summed E-state index contributed by atoms with van der Waals surface area (Å²) in [7, 11) is -3.43. The average molecular weight is 298 g/mol. The zero-order valence-electron chi connectivity index (χ0n) is 12.8. The van der Waals surface area contributed by atoms with Crippen molar-refractivity contribution in [3.05, 3.63) is 29.8 Å². The highest BCUT2D eigenvalue weighted by Crippen LogP contribution is 2.15. The summed E-state index contributed by atoms with van der Waals surface area (Å²) >= 11 is 0. The number of nitrogens with one attached hydrogen (secondary N) is 2. The van der Waals surface area contributed by atoms with Gasteiger partial charge in [0.1, 0.15) is 0 Å². The predicted octanol–water partition coefficient (Wildman–Crippen LogP) is 2.51. The Hall–Kier alpha value is -0.910. The summed E-state index contributed by atoms with van der Waals surface area (Å²) in [5.74, 6) is 0.339. The fraction of sp³-hybridized carbons (Fsp3) is 0.600. The maximum atomic E-state index is 12.4. The topological polar surface area (TPSA) is 58.2 Å². The van der Waals surface area contributed by atoms with Gasteiger partial charge in [0.25, 0.3) is 0 Å². The molecule has 0 aliphatic heterocycles. The Morgan fingerprint density at radius 1 is 1.15 bits per heavy atom. The lowest BCUT2D eigenvalue weighted by Crippen LogP contribution is -2.30. The monoisotopic (exact) mass is 298 g/mol. The Kier molecular flexibility index (Phi) is 6.65. The van der Waals surface area contributed by atoms with Crippen molar-refractivity contribution in [3.8, 4) is 0 Å². The Morgan fingerprint density at radius 3 is 2.40 bits per heavy atom. The molecule has 0 bridgehead atoms. The van der Waals surface area contributed by atoms with E-state index < -0.39 is 10.0 Å². The van der Waals surface area contributed by atoms with Crippen LogP contribution in [0.25, 0.3) is 0 Å². The van der Waals surface area contributed by atoms with Crippen LogP contribution >= 0.6 is 0 Å².